The van der Waals surface area contributed by atoms with Gasteiger partial charge in [-0.25, -0.2) is 4.98 Å². The van der Waals surface area contributed by atoms with E-state index in [2.05, 4.69) is 10.3 Å². The van der Waals surface area contributed by atoms with E-state index >= 15 is 0 Å². The number of fused-ring (bicyclic) bond motifs is 1. The molecule has 146 valence electrons. The van der Waals surface area contributed by atoms with Crippen molar-refractivity contribution in [1.29, 1.82) is 0 Å². The fourth-order valence-electron chi connectivity index (χ4n) is 3.00. The highest BCUT2D eigenvalue weighted by atomic mass is 32.1. The van der Waals surface area contributed by atoms with E-state index in [9.17, 15) is 9.59 Å². The fraction of sp³-hybridized carbons (Fsp3) is 0.136. The Morgan fingerprint density at radius 3 is 2.48 bits per heavy atom. The summed E-state index contributed by atoms with van der Waals surface area (Å²) in [6.45, 7) is 3.58. The lowest BCUT2D eigenvalue weighted by Gasteiger charge is -2.11. The van der Waals surface area contributed by atoms with Crippen molar-refractivity contribution < 1.29 is 9.53 Å². The number of aryl methyl sites for hydroxylation is 2. The van der Waals surface area contributed by atoms with E-state index in [0.29, 0.717) is 27.5 Å². The van der Waals surface area contributed by atoms with Crippen molar-refractivity contribution in [2.24, 2.45) is 0 Å². The zero-order valence-corrected chi connectivity index (χ0v) is 16.8. The van der Waals surface area contributed by atoms with Gasteiger partial charge >= 0.3 is 0 Å². The lowest BCUT2D eigenvalue weighted by atomic mass is 10.3. The number of carbonyl (C=O) groups excluding carboxylic acids is 1. The van der Waals surface area contributed by atoms with Crippen LogP contribution in [-0.2, 0) is 11.3 Å². The second-order valence-electron chi connectivity index (χ2n) is 6.61. The minimum absolute atomic E-state index is 0.0925. The van der Waals surface area contributed by atoms with Gasteiger partial charge in [0.2, 0.25) is 5.91 Å². The average Bonchev–Trinajstić information content (AvgIpc) is 3.08. The van der Waals surface area contributed by atoms with Crippen LogP contribution in [0.1, 0.15) is 10.7 Å². The highest BCUT2D eigenvalue weighted by molar-refractivity contribution is 7.18. The van der Waals surface area contributed by atoms with Crippen molar-refractivity contribution in [2.45, 2.75) is 20.4 Å². The minimum Gasteiger partial charge on any atom is -0.457 e. The van der Waals surface area contributed by atoms with Crippen molar-refractivity contribution in [3.05, 3.63) is 81.7 Å². The summed E-state index contributed by atoms with van der Waals surface area (Å²) < 4.78 is 7.14. The van der Waals surface area contributed by atoms with Crippen molar-refractivity contribution in [3.8, 4) is 11.5 Å². The number of benzene rings is 2. The largest absolute Gasteiger partial charge is 0.457 e. The number of para-hydroxylation sites is 1. The van der Waals surface area contributed by atoms with Crippen LogP contribution < -0.4 is 15.6 Å². The van der Waals surface area contributed by atoms with Crippen molar-refractivity contribution in [1.82, 2.24) is 9.55 Å². The molecule has 2 heterocycles. The first-order valence-corrected chi connectivity index (χ1v) is 9.91. The highest BCUT2D eigenvalue weighted by Gasteiger charge is 2.13. The summed E-state index contributed by atoms with van der Waals surface area (Å²) >= 11 is 1.48. The maximum absolute atomic E-state index is 12.7. The van der Waals surface area contributed by atoms with E-state index in [1.807, 2.05) is 43.3 Å². The summed E-state index contributed by atoms with van der Waals surface area (Å²) in [5, 5.41) is 3.36. The summed E-state index contributed by atoms with van der Waals surface area (Å²) in [5.74, 6) is 1.64. The van der Waals surface area contributed by atoms with Crippen LogP contribution in [0, 0.1) is 13.8 Å². The molecule has 0 unspecified atom stereocenters. The van der Waals surface area contributed by atoms with E-state index in [-0.39, 0.29) is 18.0 Å². The molecule has 4 aromatic rings. The SMILES string of the molecule is Cc1cc2c(=O)n(CC(=O)Nc3ccc(Oc4ccccc4)cc3)c(C)nc2s1. The van der Waals surface area contributed by atoms with E-state index < -0.39 is 0 Å². The zero-order valence-electron chi connectivity index (χ0n) is 16.0. The molecule has 0 saturated heterocycles. The number of hydrogen-bond donors (Lipinski definition) is 1. The van der Waals surface area contributed by atoms with Crippen LogP contribution >= 0.6 is 11.3 Å². The number of ether oxygens (including phenoxy) is 1. The van der Waals surface area contributed by atoms with E-state index in [1.165, 1.54) is 15.9 Å². The molecular weight excluding hydrogens is 386 g/mol. The highest BCUT2D eigenvalue weighted by Crippen LogP contribution is 2.23. The number of anilines is 1. The van der Waals surface area contributed by atoms with Crippen LogP contribution in [0.4, 0.5) is 5.69 Å². The fourth-order valence-corrected chi connectivity index (χ4v) is 3.91. The molecule has 1 amide bonds. The van der Waals surface area contributed by atoms with Crippen LogP contribution in [0.5, 0.6) is 11.5 Å². The van der Waals surface area contributed by atoms with Gasteiger partial charge in [0.05, 0.1) is 5.39 Å². The number of carbonyl (C=O) groups is 1. The van der Waals surface area contributed by atoms with Gasteiger partial charge in [-0.2, -0.15) is 0 Å². The van der Waals surface area contributed by atoms with Gasteiger partial charge in [0.25, 0.3) is 5.56 Å². The number of nitrogens with zero attached hydrogens (tertiary/aromatic N) is 2. The van der Waals surface area contributed by atoms with E-state index in [4.69, 9.17) is 4.74 Å². The van der Waals surface area contributed by atoms with Gasteiger partial charge in [-0.3, -0.25) is 14.2 Å². The zero-order chi connectivity index (χ0) is 20.4. The second kappa shape index (κ2) is 7.89. The standard InChI is InChI=1S/C22H19N3O3S/c1-14-12-19-21(29-14)23-15(2)25(22(19)27)13-20(26)24-16-8-10-18(11-9-16)28-17-6-4-3-5-7-17/h3-12H,13H2,1-2H3,(H,24,26). The molecule has 29 heavy (non-hydrogen) atoms. The van der Waals surface area contributed by atoms with E-state index in [1.54, 1.807) is 31.2 Å². The third kappa shape index (κ3) is 4.20. The Morgan fingerprint density at radius 1 is 1.07 bits per heavy atom. The van der Waals surface area contributed by atoms with Gasteiger partial charge in [0, 0.05) is 10.6 Å². The molecule has 1 N–H and O–H groups in total. The predicted molar refractivity (Wildman–Crippen MR) is 115 cm³/mol. The number of hydrogen-bond acceptors (Lipinski definition) is 5. The number of aromatic nitrogens is 2. The molecule has 7 heteroatoms. The Labute approximate surface area is 171 Å². The Hall–Kier alpha value is -3.45. The first-order chi connectivity index (χ1) is 14.0. The van der Waals surface area contributed by atoms with Crippen molar-refractivity contribution >= 4 is 33.1 Å². The number of nitrogens with one attached hydrogen (secondary N) is 1. The molecule has 0 aliphatic rings. The smallest absolute Gasteiger partial charge is 0.262 e. The number of rotatable bonds is 5. The van der Waals surface area contributed by atoms with Crippen LogP contribution in [-0.4, -0.2) is 15.5 Å². The van der Waals surface area contributed by atoms with Gasteiger partial charge in [0.1, 0.15) is 28.7 Å². The molecule has 0 fully saturated rings. The Morgan fingerprint density at radius 2 is 1.76 bits per heavy atom. The second-order valence-corrected chi connectivity index (χ2v) is 7.85. The summed E-state index contributed by atoms with van der Waals surface area (Å²) in [4.78, 5) is 31.4. The normalized spacial score (nSPS) is 10.8. The van der Waals surface area contributed by atoms with E-state index in [0.717, 1.165) is 10.6 Å². The van der Waals surface area contributed by atoms with Crippen molar-refractivity contribution in [2.75, 3.05) is 5.32 Å². The molecule has 6 nitrogen and oxygen atoms in total. The van der Waals surface area contributed by atoms with Gasteiger partial charge in [-0.1, -0.05) is 18.2 Å². The summed E-state index contributed by atoms with van der Waals surface area (Å²) in [5.41, 5.74) is 0.431. The molecule has 0 atom stereocenters. The summed E-state index contributed by atoms with van der Waals surface area (Å²) in [6.07, 6.45) is 0. The molecule has 0 aliphatic carbocycles. The molecule has 2 aromatic carbocycles. The molecular formula is C22H19N3O3S. The molecule has 4 rings (SSSR count). The van der Waals surface area contributed by atoms with Crippen LogP contribution in [0.25, 0.3) is 10.2 Å². The quantitative estimate of drug-likeness (QED) is 0.530. The molecule has 0 bridgehead atoms. The lowest BCUT2D eigenvalue weighted by molar-refractivity contribution is -0.116. The predicted octanol–water partition coefficient (Wildman–Crippen LogP) is 4.51. The van der Waals surface area contributed by atoms with Gasteiger partial charge < -0.3 is 10.1 Å². The Bertz CT molecular complexity index is 1230. The molecule has 0 saturated carbocycles. The molecule has 2 aromatic heterocycles. The first kappa shape index (κ1) is 18.9. The minimum atomic E-state index is -0.292. The summed E-state index contributed by atoms with van der Waals surface area (Å²) in [7, 11) is 0. The lowest BCUT2D eigenvalue weighted by Crippen LogP contribution is -2.29. The monoisotopic (exact) mass is 405 g/mol. The maximum atomic E-state index is 12.7. The van der Waals surface area contributed by atoms with Gasteiger partial charge in [-0.05, 0) is 56.3 Å². The summed E-state index contributed by atoms with van der Waals surface area (Å²) in [6, 6.07) is 18.4. The third-order valence-corrected chi connectivity index (χ3v) is 5.33. The number of amides is 1. The van der Waals surface area contributed by atoms with Crippen LogP contribution in [0.3, 0.4) is 0 Å². The number of thiophene rings is 1. The van der Waals surface area contributed by atoms with Crippen molar-refractivity contribution in [3.63, 3.8) is 0 Å². The van der Waals surface area contributed by atoms with Crippen LogP contribution in [0.2, 0.25) is 0 Å². The average molecular weight is 405 g/mol. The molecule has 0 aliphatic heterocycles. The van der Waals surface area contributed by atoms with Gasteiger partial charge in [0.15, 0.2) is 0 Å². The van der Waals surface area contributed by atoms with Gasteiger partial charge in [-0.15, -0.1) is 11.3 Å². The van der Waals surface area contributed by atoms with Crippen LogP contribution in [0.15, 0.2) is 65.5 Å². The topological polar surface area (TPSA) is 73.2 Å². The maximum Gasteiger partial charge on any atom is 0.262 e. The Balaban J connectivity index is 1.46. The molecule has 0 spiro atoms. The third-order valence-electron chi connectivity index (χ3n) is 4.38. The molecule has 0 radical (unpaired) electrons. The Kier molecular flexibility index (Phi) is 5.14. The first-order valence-electron chi connectivity index (χ1n) is 9.10.